The Morgan fingerprint density at radius 1 is 1.03 bits per heavy atom. The average molecular weight is 400 g/mol. The molecule has 1 aliphatic carbocycles. The summed E-state index contributed by atoms with van der Waals surface area (Å²) in [7, 11) is 0. The first kappa shape index (κ1) is 22.2. The Morgan fingerprint density at radius 2 is 1.76 bits per heavy atom. The van der Waals surface area contributed by atoms with E-state index < -0.39 is 0 Å². The second-order valence-corrected chi connectivity index (χ2v) is 9.74. The summed E-state index contributed by atoms with van der Waals surface area (Å²) in [5.74, 6) is 0.378. The van der Waals surface area contributed by atoms with E-state index in [9.17, 15) is 4.79 Å². The Bertz CT molecular complexity index is 627. The number of likely N-dealkylation sites (tertiary alicyclic amines) is 1. The van der Waals surface area contributed by atoms with Gasteiger partial charge in [0.1, 0.15) is 6.10 Å². The van der Waals surface area contributed by atoms with Crippen LogP contribution in [0.1, 0.15) is 97.0 Å². The first-order valence-electron chi connectivity index (χ1n) is 12.1. The number of amides is 1. The molecule has 3 atom stereocenters. The number of unbranched alkanes of at least 4 members (excludes halogenated alkanes) is 1. The Kier molecular flexibility index (Phi) is 8.03. The molecular formula is C26H41NO2. The molecule has 0 bridgehead atoms. The lowest BCUT2D eigenvalue weighted by Gasteiger charge is -2.43. The van der Waals surface area contributed by atoms with Crippen LogP contribution in [-0.4, -0.2) is 29.7 Å². The topological polar surface area (TPSA) is 29.5 Å². The fourth-order valence-electron chi connectivity index (χ4n) is 5.50. The molecule has 1 aromatic carbocycles. The quantitative estimate of drug-likeness (QED) is 0.511. The molecule has 3 nitrogen and oxygen atoms in total. The zero-order valence-corrected chi connectivity index (χ0v) is 18.9. The van der Waals surface area contributed by atoms with E-state index in [4.69, 9.17) is 4.74 Å². The fraction of sp³-hybridized carbons (Fsp3) is 0.731. The standard InChI is InChI=1S/C26H41NO2/c1-4-5-16-22-17-10-7-13-20-27(22)25(28)29-24-19-12-11-18-23(24)26(2,3)21-14-8-6-9-15-21/h6,8-9,14-15,22-24H,4-5,7,10-13,16-20H2,1-3H3/t22-,23-,24-/m1/s1. The van der Waals surface area contributed by atoms with Gasteiger partial charge >= 0.3 is 6.09 Å². The van der Waals surface area contributed by atoms with Crippen molar-refractivity contribution in [1.82, 2.24) is 4.90 Å². The van der Waals surface area contributed by atoms with Crippen LogP contribution < -0.4 is 0 Å². The Hall–Kier alpha value is -1.51. The molecule has 1 heterocycles. The number of nitrogens with zero attached hydrogens (tertiary/aromatic N) is 1. The van der Waals surface area contributed by atoms with Crippen LogP contribution in [0.4, 0.5) is 4.79 Å². The van der Waals surface area contributed by atoms with Crippen LogP contribution >= 0.6 is 0 Å². The molecule has 1 saturated carbocycles. The molecule has 162 valence electrons. The predicted octanol–water partition coefficient (Wildman–Crippen LogP) is 7.09. The van der Waals surface area contributed by atoms with Gasteiger partial charge in [-0.3, -0.25) is 0 Å². The van der Waals surface area contributed by atoms with Gasteiger partial charge in [0.05, 0.1) is 0 Å². The molecule has 0 aromatic heterocycles. The maximum Gasteiger partial charge on any atom is 0.410 e. The summed E-state index contributed by atoms with van der Waals surface area (Å²) >= 11 is 0. The largest absolute Gasteiger partial charge is 0.446 e. The van der Waals surface area contributed by atoms with Crippen LogP contribution in [0.2, 0.25) is 0 Å². The Morgan fingerprint density at radius 3 is 2.52 bits per heavy atom. The van der Waals surface area contributed by atoms with E-state index >= 15 is 0 Å². The second-order valence-electron chi connectivity index (χ2n) is 9.74. The molecule has 1 saturated heterocycles. The summed E-state index contributed by atoms with van der Waals surface area (Å²) in [6, 6.07) is 11.1. The second kappa shape index (κ2) is 10.5. The summed E-state index contributed by atoms with van der Waals surface area (Å²) in [5.41, 5.74) is 1.36. The van der Waals surface area contributed by atoms with E-state index in [0.717, 1.165) is 38.6 Å². The van der Waals surface area contributed by atoms with Crippen molar-refractivity contribution in [2.24, 2.45) is 5.92 Å². The van der Waals surface area contributed by atoms with Crippen molar-refractivity contribution in [3.8, 4) is 0 Å². The van der Waals surface area contributed by atoms with Gasteiger partial charge in [-0.2, -0.15) is 0 Å². The van der Waals surface area contributed by atoms with Crippen LogP contribution in [0, 0.1) is 5.92 Å². The Balaban J connectivity index is 1.72. The van der Waals surface area contributed by atoms with E-state index in [2.05, 4.69) is 56.0 Å². The minimum atomic E-state index is -0.0474. The molecule has 0 radical (unpaired) electrons. The van der Waals surface area contributed by atoms with Crippen LogP contribution in [0.25, 0.3) is 0 Å². The predicted molar refractivity (Wildman–Crippen MR) is 120 cm³/mol. The van der Waals surface area contributed by atoms with Crippen LogP contribution in [0.5, 0.6) is 0 Å². The van der Waals surface area contributed by atoms with Gasteiger partial charge in [0.2, 0.25) is 0 Å². The lowest BCUT2D eigenvalue weighted by Crippen LogP contribution is -2.46. The molecule has 3 rings (SSSR count). The van der Waals surface area contributed by atoms with Gasteiger partial charge in [0, 0.05) is 18.5 Å². The van der Waals surface area contributed by atoms with Gasteiger partial charge in [-0.15, -0.1) is 0 Å². The third-order valence-electron chi connectivity index (χ3n) is 7.40. The van der Waals surface area contributed by atoms with Crippen molar-refractivity contribution >= 4 is 6.09 Å². The summed E-state index contributed by atoms with van der Waals surface area (Å²) in [4.78, 5) is 15.4. The van der Waals surface area contributed by atoms with E-state index in [0.29, 0.717) is 12.0 Å². The SMILES string of the molecule is CCCC[C@@H]1CCCCCN1C(=O)O[C@@H]1CCCC[C@H]1C(C)(C)c1ccccc1. The average Bonchev–Trinajstić information content (AvgIpc) is 2.98. The first-order valence-corrected chi connectivity index (χ1v) is 12.1. The van der Waals surface area contributed by atoms with Crippen molar-refractivity contribution in [3.05, 3.63) is 35.9 Å². The Labute approximate surface area is 178 Å². The number of ether oxygens (including phenoxy) is 1. The van der Waals surface area contributed by atoms with Crippen molar-refractivity contribution in [2.45, 2.75) is 109 Å². The van der Waals surface area contributed by atoms with Crippen LogP contribution in [0.3, 0.4) is 0 Å². The maximum absolute atomic E-state index is 13.3. The molecule has 3 heteroatoms. The third-order valence-corrected chi connectivity index (χ3v) is 7.40. The minimum absolute atomic E-state index is 0.00697. The highest BCUT2D eigenvalue weighted by Crippen LogP contribution is 2.42. The van der Waals surface area contributed by atoms with Crippen molar-refractivity contribution in [3.63, 3.8) is 0 Å². The number of benzene rings is 1. The number of hydrogen-bond acceptors (Lipinski definition) is 2. The van der Waals surface area contributed by atoms with E-state index in [-0.39, 0.29) is 17.6 Å². The van der Waals surface area contributed by atoms with Crippen LogP contribution in [0.15, 0.2) is 30.3 Å². The first-order chi connectivity index (χ1) is 14.0. The number of carbonyl (C=O) groups excluding carboxylic acids is 1. The monoisotopic (exact) mass is 399 g/mol. The smallest absolute Gasteiger partial charge is 0.410 e. The number of rotatable bonds is 6. The number of hydrogen-bond donors (Lipinski definition) is 0. The molecule has 1 aliphatic heterocycles. The molecule has 2 fully saturated rings. The summed E-state index contributed by atoms with van der Waals surface area (Å²) in [5, 5.41) is 0. The highest BCUT2D eigenvalue weighted by Gasteiger charge is 2.41. The molecule has 29 heavy (non-hydrogen) atoms. The van der Waals surface area contributed by atoms with E-state index in [1.165, 1.54) is 44.1 Å². The van der Waals surface area contributed by atoms with Gasteiger partial charge in [0.25, 0.3) is 0 Å². The lowest BCUT2D eigenvalue weighted by molar-refractivity contribution is -0.0120. The molecule has 0 N–H and O–H groups in total. The zero-order chi connectivity index (χ0) is 20.7. The van der Waals surface area contributed by atoms with Gasteiger partial charge in [0.15, 0.2) is 0 Å². The van der Waals surface area contributed by atoms with Gasteiger partial charge in [-0.1, -0.05) is 83.2 Å². The number of carbonyl (C=O) groups is 1. The summed E-state index contributed by atoms with van der Waals surface area (Å²) in [6.45, 7) is 7.76. The highest BCUT2D eigenvalue weighted by atomic mass is 16.6. The molecular weight excluding hydrogens is 358 g/mol. The molecule has 0 spiro atoms. The molecule has 2 aliphatic rings. The van der Waals surface area contributed by atoms with Crippen molar-refractivity contribution < 1.29 is 9.53 Å². The van der Waals surface area contributed by atoms with Gasteiger partial charge < -0.3 is 9.64 Å². The van der Waals surface area contributed by atoms with Gasteiger partial charge in [-0.25, -0.2) is 4.79 Å². The zero-order valence-electron chi connectivity index (χ0n) is 18.9. The molecule has 1 aromatic rings. The van der Waals surface area contributed by atoms with Crippen molar-refractivity contribution in [2.75, 3.05) is 6.54 Å². The third kappa shape index (κ3) is 5.55. The van der Waals surface area contributed by atoms with Crippen molar-refractivity contribution in [1.29, 1.82) is 0 Å². The normalized spacial score (nSPS) is 26.0. The van der Waals surface area contributed by atoms with Crippen LogP contribution in [-0.2, 0) is 10.2 Å². The lowest BCUT2D eigenvalue weighted by atomic mass is 9.66. The van der Waals surface area contributed by atoms with E-state index in [1.54, 1.807) is 0 Å². The fourth-order valence-corrected chi connectivity index (χ4v) is 5.50. The molecule has 0 unspecified atom stereocenters. The van der Waals surface area contributed by atoms with E-state index in [1.807, 2.05) is 0 Å². The highest BCUT2D eigenvalue weighted by molar-refractivity contribution is 5.68. The summed E-state index contributed by atoms with van der Waals surface area (Å²) < 4.78 is 6.30. The summed E-state index contributed by atoms with van der Waals surface area (Å²) in [6.07, 6.45) is 12.8. The maximum atomic E-state index is 13.3. The van der Waals surface area contributed by atoms with Gasteiger partial charge in [-0.05, 0) is 49.5 Å². The minimum Gasteiger partial charge on any atom is -0.446 e. The molecule has 1 amide bonds.